The molecule has 0 spiro atoms. The number of pyridine rings is 1. The molecule has 4 aliphatic rings. The number of benzene rings is 4. The largest absolute Gasteiger partial charge is 0.490 e. The number of carbonyl (C=O) groups excluding carboxylic acids is 4. The Morgan fingerprint density at radius 3 is 2.38 bits per heavy atom. The molecule has 16 heteroatoms. The van der Waals surface area contributed by atoms with Crippen LogP contribution in [0.3, 0.4) is 0 Å². The second-order valence-corrected chi connectivity index (χ2v) is 23.4. The van der Waals surface area contributed by atoms with Crippen LogP contribution in [-0.2, 0) is 34.3 Å². The molecule has 1 aliphatic carbocycles. The number of nitrogens with zero attached hydrogens (tertiary/aromatic N) is 7. The predicted octanol–water partition coefficient (Wildman–Crippen LogP) is 10.7. The number of para-hydroxylation sites is 1. The molecule has 1 unspecified atom stereocenters. The van der Waals surface area contributed by atoms with E-state index in [4.69, 9.17) is 19.6 Å². The predicted molar refractivity (Wildman–Crippen MR) is 303 cm³/mol. The molecule has 77 heavy (non-hydrogen) atoms. The fraction of sp³-hybridized carbons (Fsp3) is 0.426. The van der Waals surface area contributed by atoms with Crippen LogP contribution in [0.5, 0.6) is 5.75 Å². The van der Waals surface area contributed by atoms with Gasteiger partial charge in [0.1, 0.15) is 17.2 Å². The van der Waals surface area contributed by atoms with Crippen LogP contribution in [0, 0.1) is 19.8 Å². The minimum absolute atomic E-state index is 0.118. The van der Waals surface area contributed by atoms with E-state index >= 15 is 0 Å². The SMILES string of the molecule is Cc1c(OC2CCC(CCCN3CCN(c4ccc5c(C6CCC(=O)NC6=O)nn(C)c5c4C)CC3)CC2)cccc1-c1ccc(N2CCc3cccc(C(=O)Nc4nc5ccccc5s4)c3C2)nc1C(=O)OC(C)(C)C. The summed E-state index contributed by atoms with van der Waals surface area (Å²) in [6, 6.07) is 28.0. The Hall–Kier alpha value is -7.17. The van der Waals surface area contributed by atoms with Crippen LogP contribution in [0.1, 0.15) is 127 Å². The van der Waals surface area contributed by atoms with Gasteiger partial charge in [-0.25, -0.2) is 14.8 Å². The van der Waals surface area contributed by atoms with E-state index in [0.29, 0.717) is 60.3 Å². The zero-order chi connectivity index (χ0) is 53.5. The average Bonchev–Trinajstić information content (AvgIpc) is 4.12. The first kappa shape index (κ1) is 51.9. The van der Waals surface area contributed by atoms with Crippen molar-refractivity contribution >= 4 is 72.8 Å². The van der Waals surface area contributed by atoms with E-state index in [9.17, 15) is 19.2 Å². The summed E-state index contributed by atoms with van der Waals surface area (Å²) in [6.45, 7) is 16.0. The van der Waals surface area contributed by atoms with Crippen molar-refractivity contribution in [3.05, 3.63) is 124 Å². The third-order valence-electron chi connectivity index (χ3n) is 16.1. The number of hydrogen-bond acceptors (Lipinski definition) is 13. The van der Waals surface area contributed by atoms with E-state index in [2.05, 4.69) is 62.4 Å². The van der Waals surface area contributed by atoms with Crippen LogP contribution < -0.4 is 25.2 Å². The molecular weight excluding hydrogens is 987 g/mol. The fourth-order valence-electron chi connectivity index (χ4n) is 12.1. The zero-order valence-electron chi connectivity index (χ0n) is 45.1. The lowest BCUT2D eigenvalue weighted by Crippen LogP contribution is -2.46. The highest BCUT2D eigenvalue weighted by Gasteiger charge is 2.34. The van der Waals surface area contributed by atoms with Crippen molar-refractivity contribution in [1.82, 2.24) is 30.0 Å². The van der Waals surface area contributed by atoms with Gasteiger partial charge < -0.3 is 19.3 Å². The van der Waals surface area contributed by atoms with Gasteiger partial charge in [0.05, 0.1) is 33.4 Å². The highest BCUT2D eigenvalue weighted by molar-refractivity contribution is 7.22. The summed E-state index contributed by atoms with van der Waals surface area (Å²) in [7, 11) is 1.94. The average molecular weight is 1060 g/mol. The van der Waals surface area contributed by atoms with E-state index in [1.807, 2.05) is 99.2 Å². The fourth-order valence-corrected chi connectivity index (χ4v) is 13.0. The second-order valence-electron chi connectivity index (χ2n) is 22.4. The molecule has 400 valence electrons. The number of anilines is 3. The number of hydrogen-bond donors (Lipinski definition) is 2. The number of rotatable bonds is 13. The molecule has 0 bridgehead atoms. The van der Waals surface area contributed by atoms with Crippen LogP contribution in [0.25, 0.3) is 32.2 Å². The van der Waals surface area contributed by atoms with Crippen LogP contribution in [-0.4, -0.2) is 99.3 Å². The van der Waals surface area contributed by atoms with Gasteiger partial charge in [0, 0.05) is 74.9 Å². The van der Waals surface area contributed by atoms with Crippen LogP contribution in [0.2, 0.25) is 0 Å². The Bertz CT molecular complexity index is 3370. The minimum Gasteiger partial charge on any atom is -0.490 e. The van der Waals surface area contributed by atoms with Crippen molar-refractivity contribution in [1.29, 1.82) is 0 Å². The molecule has 3 fully saturated rings. The molecule has 3 aliphatic heterocycles. The van der Waals surface area contributed by atoms with Crippen LogP contribution in [0.15, 0.2) is 84.9 Å². The maximum Gasteiger partial charge on any atom is 0.358 e. The molecule has 3 amide bonds. The van der Waals surface area contributed by atoms with E-state index in [1.54, 1.807) is 0 Å². The molecule has 11 rings (SSSR count). The number of piperidine rings is 1. The van der Waals surface area contributed by atoms with Gasteiger partial charge in [-0.2, -0.15) is 5.10 Å². The number of thiazole rings is 1. The van der Waals surface area contributed by atoms with Gasteiger partial charge in [-0.05, 0) is 175 Å². The first-order valence-electron chi connectivity index (χ1n) is 27.4. The van der Waals surface area contributed by atoms with Gasteiger partial charge in [-0.3, -0.25) is 34.6 Å². The Morgan fingerprint density at radius 1 is 0.805 bits per heavy atom. The number of aryl methyl sites for hydroxylation is 2. The molecule has 1 atom stereocenters. The molecule has 6 heterocycles. The smallest absolute Gasteiger partial charge is 0.358 e. The Balaban J connectivity index is 0.695. The van der Waals surface area contributed by atoms with Crippen molar-refractivity contribution in [2.24, 2.45) is 13.0 Å². The maximum atomic E-state index is 14.1. The number of nitrogens with one attached hydrogen (secondary N) is 2. The Morgan fingerprint density at radius 2 is 1.60 bits per heavy atom. The summed E-state index contributed by atoms with van der Waals surface area (Å²) in [5.74, 6) is 0.566. The number of fused-ring (bicyclic) bond motifs is 3. The van der Waals surface area contributed by atoms with Gasteiger partial charge in [0.2, 0.25) is 11.8 Å². The second kappa shape index (κ2) is 21.7. The topological polar surface area (TPSA) is 164 Å². The van der Waals surface area contributed by atoms with E-state index < -0.39 is 17.5 Å². The summed E-state index contributed by atoms with van der Waals surface area (Å²) in [6.07, 6.45) is 8.35. The highest BCUT2D eigenvalue weighted by atomic mass is 32.1. The number of ether oxygens (including phenoxy) is 2. The summed E-state index contributed by atoms with van der Waals surface area (Å²) < 4.78 is 15.7. The molecule has 2 saturated heterocycles. The van der Waals surface area contributed by atoms with Crippen molar-refractivity contribution in [3.8, 4) is 16.9 Å². The lowest BCUT2D eigenvalue weighted by Gasteiger charge is -2.37. The molecule has 7 aromatic rings. The standard InChI is InChI=1S/C61H69N9O6S/c1-37-42(43-24-27-52(63-55(43)59(74)76-61(3,4)5)70-31-29-40-13-9-15-44(47(40)36-70)57(72)65-60-62-48-16-7-8-18-51(48)77-60)14-10-17-50(37)75-41-21-19-39(20-22-41)12-11-30-68-32-34-69(35-33-68)49-26-23-45-54(66-67(6)56(45)38(49)2)46-25-28-53(71)64-58(46)73/h7-10,13-18,23-24,26-27,39,41,46H,11-12,19-22,25,28-36H2,1-6H3,(H,62,65,72)(H,64,71,73). The lowest BCUT2D eigenvalue weighted by atomic mass is 9.84. The number of piperazine rings is 1. The highest BCUT2D eigenvalue weighted by Crippen LogP contribution is 2.39. The van der Waals surface area contributed by atoms with Crippen molar-refractivity contribution in [2.45, 2.75) is 117 Å². The summed E-state index contributed by atoms with van der Waals surface area (Å²) in [5.41, 5.74) is 9.71. The summed E-state index contributed by atoms with van der Waals surface area (Å²) >= 11 is 1.45. The van der Waals surface area contributed by atoms with Gasteiger partial charge >= 0.3 is 5.97 Å². The van der Waals surface area contributed by atoms with Gasteiger partial charge in [-0.1, -0.05) is 47.7 Å². The number of aromatic nitrogens is 4. The normalized spacial score (nSPS) is 19.3. The number of esters is 1. The van der Waals surface area contributed by atoms with Gasteiger partial charge in [0.25, 0.3) is 5.91 Å². The maximum absolute atomic E-state index is 14.1. The summed E-state index contributed by atoms with van der Waals surface area (Å²) in [5, 5.41) is 11.9. The minimum atomic E-state index is -0.732. The van der Waals surface area contributed by atoms with Crippen LogP contribution in [0.4, 0.5) is 16.6 Å². The van der Waals surface area contributed by atoms with Gasteiger partial charge in [0.15, 0.2) is 10.8 Å². The quantitative estimate of drug-likeness (QED) is 0.0831. The third-order valence-corrected chi connectivity index (χ3v) is 17.1. The summed E-state index contributed by atoms with van der Waals surface area (Å²) in [4.78, 5) is 69.4. The molecule has 4 aromatic carbocycles. The van der Waals surface area contributed by atoms with Crippen LogP contribution >= 0.6 is 11.3 Å². The monoisotopic (exact) mass is 1060 g/mol. The Labute approximate surface area is 454 Å². The first-order valence-corrected chi connectivity index (χ1v) is 28.3. The van der Waals surface area contributed by atoms with Crippen molar-refractivity contribution < 1.29 is 28.7 Å². The van der Waals surface area contributed by atoms with E-state index in [-0.39, 0.29) is 29.5 Å². The number of amides is 3. The molecular formula is C61H69N9O6S. The van der Waals surface area contributed by atoms with E-state index in [1.165, 1.54) is 35.4 Å². The Kier molecular flexibility index (Phi) is 14.6. The third kappa shape index (κ3) is 11.0. The number of carbonyl (C=O) groups is 4. The molecule has 0 radical (unpaired) electrons. The van der Waals surface area contributed by atoms with Crippen molar-refractivity contribution in [3.63, 3.8) is 0 Å². The zero-order valence-corrected chi connectivity index (χ0v) is 45.9. The van der Waals surface area contributed by atoms with E-state index in [0.717, 1.165) is 113 Å². The molecule has 2 N–H and O–H groups in total. The van der Waals surface area contributed by atoms with Gasteiger partial charge in [-0.15, -0.1) is 0 Å². The van der Waals surface area contributed by atoms with Crippen molar-refractivity contribution in [2.75, 3.05) is 54.4 Å². The molecule has 15 nitrogen and oxygen atoms in total. The molecule has 1 saturated carbocycles. The first-order chi connectivity index (χ1) is 37.1. The number of imide groups is 1. The lowest BCUT2D eigenvalue weighted by molar-refractivity contribution is -0.134. The molecule has 3 aromatic heterocycles.